The number of hydrogen-bond acceptors (Lipinski definition) is 5. The van der Waals surface area contributed by atoms with Crippen LogP contribution in [0.15, 0.2) is 71.2 Å². The first-order chi connectivity index (χ1) is 13.4. The summed E-state index contributed by atoms with van der Waals surface area (Å²) in [5.74, 6) is -0.931. The van der Waals surface area contributed by atoms with Crippen molar-refractivity contribution < 1.29 is 24.0 Å². The fourth-order valence-corrected chi connectivity index (χ4v) is 2.50. The molecule has 8 nitrogen and oxygen atoms in total. The van der Waals surface area contributed by atoms with E-state index in [1.165, 1.54) is 36.4 Å². The summed E-state index contributed by atoms with van der Waals surface area (Å²) in [6.07, 6.45) is 2.63. The number of para-hydroxylation sites is 1. The minimum absolute atomic E-state index is 0.0573. The van der Waals surface area contributed by atoms with Gasteiger partial charge in [0.15, 0.2) is 0 Å². The van der Waals surface area contributed by atoms with Gasteiger partial charge in [-0.3, -0.25) is 14.9 Å². The topological polar surface area (TPSA) is 123 Å². The van der Waals surface area contributed by atoms with Crippen molar-refractivity contribution in [2.45, 2.75) is 0 Å². The number of rotatable bonds is 6. The number of benzene rings is 2. The summed E-state index contributed by atoms with van der Waals surface area (Å²) < 4.78 is 5.56. The van der Waals surface area contributed by atoms with Crippen molar-refractivity contribution >= 4 is 29.3 Å². The number of aromatic carboxylic acids is 1. The lowest BCUT2D eigenvalue weighted by Crippen LogP contribution is -2.08. The van der Waals surface area contributed by atoms with Crippen LogP contribution < -0.4 is 5.32 Å². The SMILES string of the molecule is O=C(/C=C/c1ccc(-c2ccccc2[N+](=O)[O-])o1)Nc1cccc(C(=O)O)c1. The van der Waals surface area contributed by atoms with Crippen LogP contribution in [0.25, 0.3) is 17.4 Å². The predicted octanol–water partition coefficient (Wildman–Crippen LogP) is 4.20. The lowest BCUT2D eigenvalue weighted by Gasteiger charge is -2.02. The van der Waals surface area contributed by atoms with Crippen LogP contribution in [0, 0.1) is 10.1 Å². The molecule has 0 saturated carbocycles. The number of carboxylic acid groups (broad SMARTS) is 1. The molecular weight excluding hydrogens is 364 g/mol. The highest BCUT2D eigenvalue weighted by molar-refractivity contribution is 6.02. The molecule has 28 heavy (non-hydrogen) atoms. The van der Waals surface area contributed by atoms with E-state index in [-0.39, 0.29) is 11.3 Å². The summed E-state index contributed by atoms with van der Waals surface area (Å²) in [7, 11) is 0. The number of hydrogen-bond donors (Lipinski definition) is 2. The molecule has 1 aromatic heterocycles. The maximum Gasteiger partial charge on any atom is 0.335 e. The molecular formula is C20H14N2O6. The third-order valence-electron chi connectivity index (χ3n) is 3.77. The lowest BCUT2D eigenvalue weighted by atomic mass is 10.1. The van der Waals surface area contributed by atoms with Crippen molar-refractivity contribution in [1.82, 2.24) is 0 Å². The number of nitro groups is 1. The van der Waals surface area contributed by atoms with Crippen LogP contribution in [0.5, 0.6) is 0 Å². The van der Waals surface area contributed by atoms with E-state index < -0.39 is 16.8 Å². The van der Waals surface area contributed by atoms with Gasteiger partial charge in [0.2, 0.25) is 5.91 Å². The average Bonchev–Trinajstić information content (AvgIpc) is 3.15. The molecule has 0 spiro atoms. The van der Waals surface area contributed by atoms with Crippen molar-refractivity contribution in [1.29, 1.82) is 0 Å². The van der Waals surface area contributed by atoms with Crippen molar-refractivity contribution in [2.24, 2.45) is 0 Å². The van der Waals surface area contributed by atoms with Gasteiger partial charge in [0.25, 0.3) is 5.69 Å². The zero-order valence-electron chi connectivity index (χ0n) is 14.4. The Bertz CT molecular complexity index is 1080. The number of carbonyl (C=O) groups excluding carboxylic acids is 1. The average molecular weight is 378 g/mol. The van der Waals surface area contributed by atoms with E-state index in [0.717, 1.165) is 0 Å². The quantitative estimate of drug-likeness (QED) is 0.376. The Labute approximate surface area is 158 Å². The molecule has 140 valence electrons. The van der Waals surface area contributed by atoms with E-state index in [2.05, 4.69) is 5.32 Å². The lowest BCUT2D eigenvalue weighted by molar-refractivity contribution is -0.384. The standard InChI is InChI=1S/C20H14N2O6/c23-19(21-14-5-3-4-13(12-14)20(24)25)11-9-15-8-10-18(28-15)16-6-1-2-7-17(16)22(26)27/h1-12H,(H,21,23)(H,24,25)/b11-9+. The molecule has 0 atom stereocenters. The molecule has 8 heteroatoms. The molecule has 1 heterocycles. The predicted molar refractivity (Wildman–Crippen MR) is 102 cm³/mol. The van der Waals surface area contributed by atoms with Crippen LogP contribution in [-0.4, -0.2) is 21.9 Å². The number of nitrogens with one attached hydrogen (secondary N) is 1. The summed E-state index contributed by atoms with van der Waals surface area (Å²) in [6, 6.07) is 15.2. The molecule has 0 bridgehead atoms. The Morgan fingerprint density at radius 1 is 1.07 bits per heavy atom. The summed E-state index contributed by atoms with van der Waals surface area (Å²) in [4.78, 5) is 33.6. The molecule has 0 aliphatic carbocycles. The van der Waals surface area contributed by atoms with E-state index in [0.29, 0.717) is 22.8 Å². The number of nitrogens with zero attached hydrogens (tertiary/aromatic N) is 1. The number of furan rings is 1. The Balaban J connectivity index is 1.72. The van der Waals surface area contributed by atoms with Gasteiger partial charge in [-0.15, -0.1) is 0 Å². The van der Waals surface area contributed by atoms with Gasteiger partial charge in [0.05, 0.1) is 16.1 Å². The van der Waals surface area contributed by atoms with Gasteiger partial charge in [-0.05, 0) is 42.5 Å². The van der Waals surface area contributed by atoms with E-state index in [4.69, 9.17) is 9.52 Å². The van der Waals surface area contributed by atoms with E-state index >= 15 is 0 Å². The van der Waals surface area contributed by atoms with Gasteiger partial charge in [-0.2, -0.15) is 0 Å². The van der Waals surface area contributed by atoms with Crippen LogP contribution in [0.1, 0.15) is 16.1 Å². The van der Waals surface area contributed by atoms with Crippen molar-refractivity contribution in [3.63, 3.8) is 0 Å². The number of carbonyl (C=O) groups is 2. The first kappa shape index (κ1) is 18.6. The molecule has 3 rings (SSSR count). The van der Waals surface area contributed by atoms with Crippen LogP contribution in [0.4, 0.5) is 11.4 Å². The zero-order chi connectivity index (χ0) is 20.1. The number of anilines is 1. The van der Waals surface area contributed by atoms with Gasteiger partial charge >= 0.3 is 5.97 Å². The first-order valence-corrected chi connectivity index (χ1v) is 8.10. The second-order valence-electron chi connectivity index (χ2n) is 5.68. The minimum atomic E-state index is -1.09. The third-order valence-corrected chi connectivity index (χ3v) is 3.77. The number of amides is 1. The van der Waals surface area contributed by atoms with E-state index in [9.17, 15) is 19.7 Å². The normalized spacial score (nSPS) is 10.7. The summed E-state index contributed by atoms with van der Waals surface area (Å²) in [6.45, 7) is 0. The molecule has 2 aromatic carbocycles. The number of carboxylic acids is 1. The molecule has 0 saturated heterocycles. The highest BCUT2D eigenvalue weighted by Crippen LogP contribution is 2.31. The highest BCUT2D eigenvalue weighted by atomic mass is 16.6. The van der Waals surface area contributed by atoms with Crippen LogP contribution in [0.3, 0.4) is 0 Å². The van der Waals surface area contributed by atoms with Gasteiger partial charge in [0.1, 0.15) is 11.5 Å². The summed E-state index contributed by atoms with van der Waals surface area (Å²) >= 11 is 0. The minimum Gasteiger partial charge on any atom is -0.478 e. The first-order valence-electron chi connectivity index (χ1n) is 8.10. The smallest absolute Gasteiger partial charge is 0.335 e. The monoisotopic (exact) mass is 378 g/mol. The second kappa shape index (κ2) is 8.00. The molecule has 1 amide bonds. The second-order valence-corrected chi connectivity index (χ2v) is 5.68. The largest absolute Gasteiger partial charge is 0.478 e. The van der Waals surface area contributed by atoms with Crippen molar-refractivity contribution in [3.05, 3.63) is 88.2 Å². The van der Waals surface area contributed by atoms with E-state index in [1.807, 2.05) is 0 Å². The zero-order valence-corrected chi connectivity index (χ0v) is 14.4. The van der Waals surface area contributed by atoms with Gasteiger partial charge in [0, 0.05) is 17.8 Å². The van der Waals surface area contributed by atoms with Gasteiger partial charge < -0.3 is 14.8 Å². The number of nitro benzene ring substituents is 1. The maximum atomic E-state index is 12.0. The fourth-order valence-electron chi connectivity index (χ4n) is 2.50. The molecule has 0 fully saturated rings. The Kier molecular flexibility index (Phi) is 5.31. The summed E-state index contributed by atoms with van der Waals surface area (Å²) in [5, 5.41) is 22.6. The molecule has 0 aliphatic rings. The fraction of sp³-hybridized carbons (Fsp3) is 0. The molecule has 3 aromatic rings. The molecule has 0 radical (unpaired) electrons. The third kappa shape index (κ3) is 4.31. The van der Waals surface area contributed by atoms with Gasteiger partial charge in [-0.25, -0.2) is 4.79 Å². The van der Waals surface area contributed by atoms with Gasteiger partial charge in [-0.1, -0.05) is 18.2 Å². The molecule has 0 unspecified atom stereocenters. The highest BCUT2D eigenvalue weighted by Gasteiger charge is 2.16. The van der Waals surface area contributed by atoms with Crippen LogP contribution >= 0.6 is 0 Å². The van der Waals surface area contributed by atoms with Crippen LogP contribution in [-0.2, 0) is 4.79 Å². The Hall–Kier alpha value is -4.20. The van der Waals surface area contributed by atoms with Crippen LogP contribution in [0.2, 0.25) is 0 Å². The maximum absolute atomic E-state index is 12.0. The Morgan fingerprint density at radius 2 is 1.86 bits per heavy atom. The van der Waals surface area contributed by atoms with Crippen molar-refractivity contribution in [3.8, 4) is 11.3 Å². The molecule has 2 N–H and O–H groups in total. The van der Waals surface area contributed by atoms with Crippen molar-refractivity contribution in [2.75, 3.05) is 5.32 Å². The summed E-state index contributed by atoms with van der Waals surface area (Å²) in [5.41, 5.74) is 0.655. The molecule has 0 aliphatic heterocycles. The van der Waals surface area contributed by atoms with E-state index in [1.54, 1.807) is 36.4 Å². The Morgan fingerprint density at radius 3 is 2.61 bits per heavy atom.